The van der Waals surface area contributed by atoms with Crippen molar-refractivity contribution < 1.29 is 0 Å². The Morgan fingerprint density at radius 3 is 2.33 bits per heavy atom. The summed E-state index contributed by atoms with van der Waals surface area (Å²) in [7, 11) is 0. The Hall–Kier alpha value is -1.64. The van der Waals surface area contributed by atoms with Gasteiger partial charge in [-0.1, -0.05) is 48.5 Å². The molecule has 2 aromatic carbocycles. The van der Waals surface area contributed by atoms with Gasteiger partial charge in [-0.05, 0) is 18.6 Å². The Kier molecular flexibility index (Phi) is 2.90. The van der Waals surface area contributed by atoms with Crippen molar-refractivity contribution in [3.63, 3.8) is 0 Å². The van der Waals surface area contributed by atoms with Crippen molar-refractivity contribution in [2.24, 2.45) is 5.73 Å². The molecule has 1 nitrogen and oxygen atoms in total. The number of rotatable bonds is 2. The Morgan fingerprint density at radius 2 is 1.61 bits per heavy atom. The van der Waals surface area contributed by atoms with E-state index in [1.165, 1.54) is 26.1 Å². The lowest BCUT2D eigenvalue weighted by atomic mass is 10.00. The lowest BCUT2D eigenvalue weighted by Gasteiger charge is -2.07. The van der Waals surface area contributed by atoms with Crippen LogP contribution in [0.4, 0.5) is 0 Å². The molecular weight excluding hydrogens is 238 g/mol. The summed E-state index contributed by atoms with van der Waals surface area (Å²) in [4.78, 5) is 1.27. The number of hydrogen-bond donors (Lipinski definition) is 1. The molecule has 0 fully saturated rings. The van der Waals surface area contributed by atoms with Crippen LogP contribution in [0.15, 0.2) is 54.6 Å². The van der Waals surface area contributed by atoms with Crippen LogP contribution in [0.1, 0.15) is 17.8 Å². The van der Waals surface area contributed by atoms with E-state index in [-0.39, 0.29) is 6.04 Å². The number of thiophene rings is 1. The minimum atomic E-state index is 0.0672. The van der Waals surface area contributed by atoms with Crippen LogP contribution in [0.5, 0.6) is 0 Å². The number of hydrogen-bond acceptors (Lipinski definition) is 2. The first-order valence-corrected chi connectivity index (χ1v) is 6.91. The first-order chi connectivity index (χ1) is 8.77. The second-order valence-electron chi connectivity index (χ2n) is 4.49. The lowest BCUT2D eigenvalue weighted by Crippen LogP contribution is -2.03. The van der Waals surface area contributed by atoms with Gasteiger partial charge in [0.05, 0.1) is 0 Å². The third-order valence-corrected chi connectivity index (χ3v) is 4.47. The molecule has 1 heterocycles. The molecule has 0 saturated heterocycles. The van der Waals surface area contributed by atoms with Gasteiger partial charge in [0, 0.05) is 26.6 Å². The normalized spacial score (nSPS) is 12.8. The Balaban J connectivity index is 2.35. The van der Waals surface area contributed by atoms with Crippen LogP contribution in [-0.2, 0) is 0 Å². The molecule has 1 aromatic heterocycles. The SMILES string of the molecule is CC(N)c1sc2ccccc2c1-c1ccccc1. The molecule has 1 atom stereocenters. The van der Waals surface area contributed by atoms with Gasteiger partial charge in [0.15, 0.2) is 0 Å². The molecule has 0 aliphatic carbocycles. The third kappa shape index (κ3) is 1.84. The van der Waals surface area contributed by atoms with Gasteiger partial charge >= 0.3 is 0 Å². The minimum absolute atomic E-state index is 0.0672. The lowest BCUT2D eigenvalue weighted by molar-refractivity contribution is 0.841. The van der Waals surface area contributed by atoms with E-state index in [2.05, 4.69) is 55.5 Å². The molecule has 18 heavy (non-hydrogen) atoms. The second kappa shape index (κ2) is 4.56. The van der Waals surface area contributed by atoms with Crippen LogP contribution in [0.2, 0.25) is 0 Å². The fourth-order valence-electron chi connectivity index (χ4n) is 2.29. The molecule has 0 bridgehead atoms. The number of fused-ring (bicyclic) bond motifs is 1. The molecule has 0 aliphatic rings. The topological polar surface area (TPSA) is 26.0 Å². The van der Waals surface area contributed by atoms with Crippen LogP contribution in [-0.4, -0.2) is 0 Å². The maximum absolute atomic E-state index is 6.13. The van der Waals surface area contributed by atoms with Crippen LogP contribution < -0.4 is 5.73 Å². The van der Waals surface area contributed by atoms with E-state index >= 15 is 0 Å². The quantitative estimate of drug-likeness (QED) is 0.710. The zero-order valence-corrected chi connectivity index (χ0v) is 11.1. The zero-order chi connectivity index (χ0) is 12.5. The first kappa shape index (κ1) is 11.5. The highest BCUT2D eigenvalue weighted by Crippen LogP contribution is 2.40. The van der Waals surface area contributed by atoms with Crippen molar-refractivity contribution >= 4 is 21.4 Å². The van der Waals surface area contributed by atoms with Crippen molar-refractivity contribution in [3.05, 3.63) is 59.5 Å². The number of nitrogens with two attached hydrogens (primary N) is 1. The van der Waals surface area contributed by atoms with Gasteiger partial charge in [-0.2, -0.15) is 0 Å². The molecule has 0 radical (unpaired) electrons. The average Bonchev–Trinajstić information content (AvgIpc) is 2.79. The van der Waals surface area contributed by atoms with Gasteiger partial charge in [-0.3, -0.25) is 0 Å². The summed E-state index contributed by atoms with van der Waals surface area (Å²) >= 11 is 1.80. The predicted molar refractivity (Wildman–Crippen MR) is 79.9 cm³/mol. The van der Waals surface area contributed by atoms with Gasteiger partial charge in [0.1, 0.15) is 0 Å². The summed E-state index contributed by atoms with van der Waals surface area (Å²) in [5, 5.41) is 1.31. The van der Waals surface area contributed by atoms with Gasteiger partial charge in [0.2, 0.25) is 0 Å². The molecule has 3 aromatic rings. The fourth-order valence-corrected chi connectivity index (χ4v) is 3.47. The van der Waals surface area contributed by atoms with Crippen LogP contribution >= 0.6 is 11.3 Å². The molecule has 0 spiro atoms. The molecule has 0 saturated carbocycles. The van der Waals surface area contributed by atoms with E-state index in [4.69, 9.17) is 5.73 Å². The highest BCUT2D eigenvalue weighted by atomic mass is 32.1. The molecule has 90 valence electrons. The molecule has 0 amide bonds. The molecular formula is C16H15NS. The van der Waals surface area contributed by atoms with Crippen molar-refractivity contribution in [2.75, 3.05) is 0 Å². The summed E-state index contributed by atoms with van der Waals surface area (Å²) in [6.07, 6.45) is 0. The average molecular weight is 253 g/mol. The largest absolute Gasteiger partial charge is 0.323 e. The Bertz CT molecular complexity index is 668. The highest BCUT2D eigenvalue weighted by Gasteiger charge is 2.15. The monoisotopic (exact) mass is 253 g/mol. The maximum atomic E-state index is 6.13. The van der Waals surface area contributed by atoms with E-state index in [0.29, 0.717) is 0 Å². The van der Waals surface area contributed by atoms with Crippen molar-refractivity contribution in [1.29, 1.82) is 0 Å². The van der Waals surface area contributed by atoms with E-state index in [1.807, 2.05) is 6.07 Å². The predicted octanol–water partition coefficient (Wildman–Crippen LogP) is 4.59. The van der Waals surface area contributed by atoms with Gasteiger partial charge in [0.25, 0.3) is 0 Å². The van der Waals surface area contributed by atoms with Crippen molar-refractivity contribution in [3.8, 4) is 11.1 Å². The van der Waals surface area contributed by atoms with Gasteiger partial charge in [-0.25, -0.2) is 0 Å². The molecule has 2 heteroatoms. The molecule has 3 rings (SSSR count). The zero-order valence-electron chi connectivity index (χ0n) is 10.3. The van der Waals surface area contributed by atoms with Gasteiger partial charge < -0.3 is 5.73 Å². The third-order valence-electron chi connectivity index (χ3n) is 3.10. The number of benzene rings is 2. The molecule has 0 aliphatic heterocycles. The van der Waals surface area contributed by atoms with E-state index in [0.717, 1.165) is 0 Å². The summed E-state index contributed by atoms with van der Waals surface area (Å²) < 4.78 is 1.31. The van der Waals surface area contributed by atoms with Crippen molar-refractivity contribution in [2.45, 2.75) is 13.0 Å². The summed E-state index contributed by atoms with van der Waals surface area (Å²) in [6, 6.07) is 19.1. The van der Waals surface area contributed by atoms with E-state index in [1.54, 1.807) is 11.3 Å². The van der Waals surface area contributed by atoms with Crippen LogP contribution in [0.3, 0.4) is 0 Å². The summed E-state index contributed by atoms with van der Waals surface area (Å²) in [5.74, 6) is 0. The van der Waals surface area contributed by atoms with Gasteiger partial charge in [-0.15, -0.1) is 11.3 Å². The Morgan fingerprint density at radius 1 is 0.944 bits per heavy atom. The van der Waals surface area contributed by atoms with E-state index < -0.39 is 0 Å². The van der Waals surface area contributed by atoms with Crippen LogP contribution in [0.25, 0.3) is 21.2 Å². The Labute approximate surface area is 111 Å². The smallest absolute Gasteiger partial charge is 0.0367 e. The first-order valence-electron chi connectivity index (χ1n) is 6.10. The standard InChI is InChI=1S/C16H15NS/c1-11(17)16-15(12-7-3-2-4-8-12)13-9-5-6-10-14(13)18-16/h2-11H,17H2,1H3. The second-order valence-corrected chi connectivity index (χ2v) is 5.58. The van der Waals surface area contributed by atoms with E-state index in [9.17, 15) is 0 Å². The molecule has 1 unspecified atom stereocenters. The van der Waals surface area contributed by atoms with Crippen LogP contribution in [0, 0.1) is 0 Å². The van der Waals surface area contributed by atoms with Crippen molar-refractivity contribution in [1.82, 2.24) is 0 Å². The highest BCUT2D eigenvalue weighted by molar-refractivity contribution is 7.19. The summed E-state index contributed by atoms with van der Waals surface area (Å²) in [5.41, 5.74) is 8.68. The molecule has 2 N–H and O–H groups in total. The minimum Gasteiger partial charge on any atom is -0.323 e. The summed E-state index contributed by atoms with van der Waals surface area (Å²) in [6.45, 7) is 2.05. The fraction of sp³-hybridized carbons (Fsp3) is 0.125. The maximum Gasteiger partial charge on any atom is 0.0367 e.